The van der Waals surface area contributed by atoms with Gasteiger partial charge in [-0.15, -0.1) is 0 Å². The molecule has 0 saturated carbocycles. The molecule has 0 atom stereocenters. The minimum absolute atomic E-state index is 0.0437. The Morgan fingerprint density at radius 3 is 2.36 bits per heavy atom. The Balaban J connectivity index is 1.94. The van der Waals surface area contributed by atoms with Crippen LogP contribution in [0.2, 0.25) is 10.0 Å². The molecule has 1 heterocycles. The maximum absolute atomic E-state index is 12.4. The number of hydrogen-bond donors (Lipinski definition) is 1. The number of halogens is 2. The zero-order valence-corrected chi connectivity index (χ0v) is 12.7. The number of hydrogen-bond acceptors (Lipinski definition) is 2. The first-order valence-corrected chi connectivity index (χ1v) is 7.19. The third-order valence-corrected chi connectivity index (χ3v) is 3.90. The molecule has 6 heteroatoms. The van der Waals surface area contributed by atoms with E-state index in [2.05, 4.69) is 5.43 Å². The zero-order valence-electron chi connectivity index (χ0n) is 11.2. The molecule has 2 aromatic carbocycles. The number of amides is 2. The van der Waals surface area contributed by atoms with E-state index in [1.165, 1.54) is 11.1 Å². The number of nitrogens with one attached hydrogen (secondary N) is 1. The molecule has 2 aromatic rings. The Kier molecular flexibility index (Phi) is 3.88. The van der Waals surface area contributed by atoms with Crippen LogP contribution in [0.25, 0.3) is 6.08 Å². The van der Waals surface area contributed by atoms with E-state index in [0.29, 0.717) is 21.3 Å². The highest BCUT2D eigenvalue weighted by Gasteiger charge is 2.34. The Labute approximate surface area is 136 Å². The molecule has 110 valence electrons. The van der Waals surface area contributed by atoms with Crippen molar-refractivity contribution in [3.8, 4) is 0 Å². The molecule has 1 fully saturated rings. The summed E-state index contributed by atoms with van der Waals surface area (Å²) in [6.45, 7) is 0. The number of anilines is 1. The Hall–Kier alpha value is -2.30. The number of nitrogens with zero attached hydrogens (tertiary/aromatic N) is 1. The van der Waals surface area contributed by atoms with Gasteiger partial charge in [-0.1, -0.05) is 47.5 Å². The molecule has 0 unspecified atom stereocenters. The molecule has 1 aliphatic rings. The normalized spacial score (nSPS) is 16.3. The van der Waals surface area contributed by atoms with Crippen LogP contribution in [0.5, 0.6) is 0 Å². The molecule has 3 rings (SSSR count). The fourth-order valence-electron chi connectivity index (χ4n) is 2.09. The molecule has 1 aliphatic heterocycles. The van der Waals surface area contributed by atoms with Crippen LogP contribution in [-0.2, 0) is 9.59 Å². The van der Waals surface area contributed by atoms with Crippen LogP contribution in [-0.4, -0.2) is 11.8 Å². The highest BCUT2D eigenvalue weighted by molar-refractivity contribution is 6.42. The van der Waals surface area contributed by atoms with E-state index in [9.17, 15) is 9.59 Å². The Bertz CT molecular complexity index is 788. The van der Waals surface area contributed by atoms with Crippen molar-refractivity contribution in [1.82, 2.24) is 5.43 Å². The Morgan fingerprint density at radius 2 is 1.68 bits per heavy atom. The summed E-state index contributed by atoms with van der Waals surface area (Å²) in [6, 6.07) is 13.8. The molecule has 0 aromatic heterocycles. The average molecular weight is 333 g/mol. The zero-order chi connectivity index (χ0) is 15.7. The van der Waals surface area contributed by atoms with Gasteiger partial charge in [0.25, 0.3) is 11.8 Å². The van der Waals surface area contributed by atoms with Crippen molar-refractivity contribution in [2.24, 2.45) is 0 Å². The van der Waals surface area contributed by atoms with E-state index in [1.807, 2.05) is 6.07 Å². The molecule has 1 N–H and O–H groups in total. The standard InChI is InChI=1S/C16H10Cl2N2O2/c17-13-7-6-10(9-14(13)18)8-12-15(21)19-20(16(12)22)11-4-2-1-3-5-11/h1-9H,(H,19,21). The van der Waals surface area contributed by atoms with E-state index >= 15 is 0 Å². The van der Waals surface area contributed by atoms with Crippen molar-refractivity contribution >= 4 is 46.8 Å². The third-order valence-electron chi connectivity index (χ3n) is 3.16. The second-order valence-electron chi connectivity index (χ2n) is 4.65. The fourth-order valence-corrected chi connectivity index (χ4v) is 2.39. The van der Waals surface area contributed by atoms with Crippen LogP contribution >= 0.6 is 23.2 Å². The van der Waals surface area contributed by atoms with Gasteiger partial charge >= 0.3 is 0 Å². The predicted molar refractivity (Wildman–Crippen MR) is 86.5 cm³/mol. The predicted octanol–water partition coefficient (Wildman–Crippen LogP) is 3.45. The van der Waals surface area contributed by atoms with Gasteiger partial charge in [-0.2, -0.15) is 0 Å². The van der Waals surface area contributed by atoms with Crippen molar-refractivity contribution in [1.29, 1.82) is 0 Å². The number of carbonyl (C=O) groups is 2. The SMILES string of the molecule is O=C1NN(c2ccccc2)C(=O)C1=Cc1ccc(Cl)c(Cl)c1. The first kappa shape index (κ1) is 14.6. The fraction of sp³-hybridized carbons (Fsp3) is 0. The van der Waals surface area contributed by atoms with Crippen molar-refractivity contribution < 1.29 is 9.59 Å². The minimum atomic E-state index is -0.458. The molecule has 0 spiro atoms. The lowest BCUT2D eigenvalue weighted by molar-refractivity contribution is -0.117. The van der Waals surface area contributed by atoms with Gasteiger partial charge in [0, 0.05) is 0 Å². The van der Waals surface area contributed by atoms with E-state index in [0.717, 1.165) is 0 Å². The third kappa shape index (κ3) is 2.71. The summed E-state index contributed by atoms with van der Waals surface area (Å²) >= 11 is 11.8. The van der Waals surface area contributed by atoms with Crippen molar-refractivity contribution in [2.45, 2.75) is 0 Å². The van der Waals surface area contributed by atoms with Crippen LogP contribution in [0, 0.1) is 0 Å². The summed E-state index contributed by atoms with van der Waals surface area (Å²) in [5.41, 5.74) is 3.80. The summed E-state index contributed by atoms with van der Waals surface area (Å²) in [5, 5.41) is 1.99. The first-order valence-electron chi connectivity index (χ1n) is 6.43. The van der Waals surface area contributed by atoms with Gasteiger partial charge in [-0.25, -0.2) is 5.01 Å². The second-order valence-corrected chi connectivity index (χ2v) is 5.46. The summed E-state index contributed by atoms with van der Waals surface area (Å²) in [6.07, 6.45) is 1.49. The lowest BCUT2D eigenvalue weighted by Gasteiger charge is -2.13. The van der Waals surface area contributed by atoms with E-state index in [1.54, 1.807) is 42.5 Å². The topological polar surface area (TPSA) is 49.4 Å². The van der Waals surface area contributed by atoms with Gasteiger partial charge in [0.2, 0.25) is 0 Å². The molecular weight excluding hydrogens is 323 g/mol. The Morgan fingerprint density at radius 1 is 0.955 bits per heavy atom. The number of para-hydroxylation sites is 1. The summed E-state index contributed by atoms with van der Waals surface area (Å²) in [4.78, 5) is 24.4. The van der Waals surface area contributed by atoms with Crippen molar-refractivity contribution in [2.75, 3.05) is 5.01 Å². The van der Waals surface area contributed by atoms with Gasteiger partial charge in [-0.05, 0) is 35.9 Å². The van der Waals surface area contributed by atoms with Gasteiger partial charge in [-0.3, -0.25) is 15.0 Å². The molecule has 0 aliphatic carbocycles. The molecule has 0 radical (unpaired) electrons. The van der Waals surface area contributed by atoms with Crippen molar-refractivity contribution in [3.63, 3.8) is 0 Å². The second kappa shape index (κ2) is 5.83. The minimum Gasteiger partial charge on any atom is -0.267 e. The quantitative estimate of drug-likeness (QED) is 0.676. The van der Waals surface area contributed by atoms with E-state index in [4.69, 9.17) is 23.2 Å². The number of hydrazine groups is 1. The van der Waals surface area contributed by atoms with Gasteiger partial charge in [0.05, 0.1) is 15.7 Å². The smallest absolute Gasteiger partial charge is 0.267 e. The lowest BCUT2D eigenvalue weighted by atomic mass is 10.1. The largest absolute Gasteiger partial charge is 0.282 e. The summed E-state index contributed by atoms with van der Waals surface area (Å²) in [5.74, 6) is -0.873. The highest BCUT2D eigenvalue weighted by atomic mass is 35.5. The van der Waals surface area contributed by atoms with E-state index < -0.39 is 11.8 Å². The maximum atomic E-state index is 12.4. The molecule has 0 bridgehead atoms. The molecule has 4 nitrogen and oxygen atoms in total. The monoisotopic (exact) mass is 332 g/mol. The van der Waals surface area contributed by atoms with Crippen LogP contribution in [0.15, 0.2) is 54.1 Å². The number of rotatable bonds is 2. The molecule has 22 heavy (non-hydrogen) atoms. The molecule has 1 saturated heterocycles. The molecule has 2 amide bonds. The van der Waals surface area contributed by atoms with Crippen LogP contribution in [0.1, 0.15) is 5.56 Å². The first-order chi connectivity index (χ1) is 10.6. The van der Waals surface area contributed by atoms with Crippen LogP contribution in [0.3, 0.4) is 0 Å². The van der Waals surface area contributed by atoms with Crippen molar-refractivity contribution in [3.05, 3.63) is 69.7 Å². The lowest BCUT2D eigenvalue weighted by Crippen LogP contribution is -2.35. The van der Waals surface area contributed by atoms with Gasteiger partial charge in [0.1, 0.15) is 5.57 Å². The van der Waals surface area contributed by atoms with E-state index in [-0.39, 0.29) is 5.57 Å². The maximum Gasteiger partial charge on any atom is 0.282 e. The highest BCUT2D eigenvalue weighted by Crippen LogP contribution is 2.25. The van der Waals surface area contributed by atoms with Crippen LogP contribution in [0.4, 0.5) is 5.69 Å². The number of carbonyl (C=O) groups excluding carboxylic acids is 2. The van der Waals surface area contributed by atoms with Gasteiger partial charge < -0.3 is 0 Å². The summed E-state index contributed by atoms with van der Waals surface area (Å²) < 4.78 is 0. The van der Waals surface area contributed by atoms with Crippen LogP contribution < -0.4 is 10.4 Å². The molecular formula is C16H10Cl2N2O2. The summed E-state index contributed by atoms with van der Waals surface area (Å²) in [7, 11) is 0. The number of benzene rings is 2. The van der Waals surface area contributed by atoms with Gasteiger partial charge in [0.15, 0.2) is 0 Å². The average Bonchev–Trinajstić information content (AvgIpc) is 2.80.